The summed E-state index contributed by atoms with van der Waals surface area (Å²) in [5.74, 6) is -0.535. The van der Waals surface area contributed by atoms with Gasteiger partial charge in [-0.25, -0.2) is 14.3 Å². The number of hydrogen-bond acceptors (Lipinski definition) is 7. The van der Waals surface area contributed by atoms with Crippen molar-refractivity contribution in [3.8, 4) is 5.75 Å². The van der Waals surface area contributed by atoms with Crippen LogP contribution in [0.2, 0.25) is 0 Å². The Hall–Kier alpha value is -2.62. The highest BCUT2D eigenvalue weighted by molar-refractivity contribution is 7.80. The molecule has 33 heavy (non-hydrogen) atoms. The van der Waals surface area contributed by atoms with Gasteiger partial charge < -0.3 is 20.0 Å². The molecule has 4 rings (SSSR count). The number of ether oxygens (including phenoxy) is 1. The van der Waals surface area contributed by atoms with Crippen LogP contribution in [0.15, 0.2) is 44.4 Å². The summed E-state index contributed by atoms with van der Waals surface area (Å²) in [6, 6.07) is 8.09. The number of fused-ring (bicyclic) bond motifs is 1. The van der Waals surface area contributed by atoms with E-state index in [0.717, 1.165) is 27.3 Å². The number of hydrogen-bond donors (Lipinski definition) is 4. The van der Waals surface area contributed by atoms with Crippen LogP contribution in [0.3, 0.4) is 0 Å². The number of aryl methyl sites for hydroxylation is 1. The first kappa shape index (κ1) is 25.0. The largest absolute Gasteiger partial charge is 0.486 e. The minimum atomic E-state index is -0.686. The number of nitrogens with two attached hydrogens (primary N) is 1. The van der Waals surface area contributed by atoms with E-state index < -0.39 is 17.9 Å². The third kappa shape index (κ3) is 5.48. The maximum Gasteiger partial charge on any atom is 0.434 e. The second kappa shape index (κ2) is 9.70. The molecule has 2 aromatic carbocycles. The maximum absolute atomic E-state index is 14.0. The molecule has 3 atom stereocenters. The van der Waals surface area contributed by atoms with E-state index in [2.05, 4.69) is 22.8 Å². The van der Waals surface area contributed by atoms with Gasteiger partial charge in [0, 0.05) is 22.8 Å². The number of H-pyrrole nitrogens is 1. The number of aliphatic hydroxyl groups excluding tert-OH is 1. The van der Waals surface area contributed by atoms with Gasteiger partial charge in [-0.05, 0) is 56.5 Å². The average molecular weight is 476 g/mol. The Morgan fingerprint density at radius 3 is 2.64 bits per heavy atom. The number of nitrogens with one attached hydrogen (secondary N) is 1. The van der Waals surface area contributed by atoms with Gasteiger partial charge in [0.2, 0.25) is 5.89 Å². The van der Waals surface area contributed by atoms with Crippen LogP contribution in [0.5, 0.6) is 5.75 Å². The first-order valence-electron chi connectivity index (χ1n) is 10.7. The van der Waals surface area contributed by atoms with E-state index in [1.807, 2.05) is 45.9 Å². The molecule has 3 aromatic rings. The Morgan fingerprint density at radius 1 is 1.30 bits per heavy atom. The maximum atomic E-state index is 14.0. The summed E-state index contributed by atoms with van der Waals surface area (Å²) in [6.45, 7) is 9.48. The molecule has 1 aliphatic heterocycles. The van der Waals surface area contributed by atoms with E-state index >= 15 is 0 Å². The number of para-hydroxylation sites is 1. The smallest absolute Gasteiger partial charge is 0.434 e. The van der Waals surface area contributed by atoms with Crippen molar-refractivity contribution in [1.82, 2.24) is 10.2 Å². The zero-order chi connectivity index (χ0) is 24.5. The summed E-state index contributed by atoms with van der Waals surface area (Å²) < 4.78 is 24.6. The molecule has 0 spiro atoms. The molecule has 9 heteroatoms. The topological polar surface area (TPSA) is 114 Å². The average Bonchev–Trinajstić information content (AvgIpc) is 3.17. The Labute approximate surface area is 197 Å². The molecule has 0 amide bonds. The summed E-state index contributed by atoms with van der Waals surface area (Å²) >= 11 is 4.32. The van der Waals surface area contributed by atoms with Gasteiger partial charge in [0.05, 0.1) is 12.1 Å². The van der Waals surface area contributed by atoms with Crippen molar-refractivity contribution in [3.63, 3.8) is 0 Å². The monoisotopic (exact) mass is 475 g/mol. The Morgan fingerprint density at radius 2 is 2.00 bits per heavy atom. The van der Waals surface area contributed by atoms with Crippen molar-refractivity contribution in [2.75, 3.05) is 0 Å². The quantitative estimate of drug-likeness (QED) is 0.415. The standard InChI is InChI=1S/C13H16FN3O2.C11H14O2S/c1-6-4-5-9(14)10(7(6)2)8(3)11(15)12-16-17-13(18)19-12;1-11(2)6-8(12)7-4-3-5-9(14)10(7)13-11/h4-5,8,11H,15H2,1-3H3,(H,17,18);3-5,8,12,14H,6H2,1-2H3. The SMILES string of the molecule is CC1(C)CC(O)c2cccc(S)c2O1.Cc1ccc(F)c(C(C)C(N)c2n[nH]c(=O)o2)c1C. The third-order valence-corrected chi connectivity index (χ3v) is 6.27. The highest BCUT2D eigenvalue weighted by atomic mass is 32.1. The Balaban J connectivity index is 0.000000194. The van der Waals surface area contributed by atoms with E-state index in [1.54, 1.807) is 13.0 Å². The first-order valence-corrected chi connectivity index (χ1v) is 11.1. The van der Waals surface area contributed by atoms with Crippen molar-refractivity contribution in [2.45, 2.75) is 69.6 Å². The lowest BCUT2D eigenvalue weighted by atomic mass is 9.88. The van der Waals surface area contributed by atoms with E-state index in [9.17, 15) is 14.3 Å². The van der Waals surface area contributed by atoms with Crippen LogP contribution in [0, 0.1) is 19.7 Å². The first-order chi connectivity index (χ1) is 15.4. The number of aliphatic hydroxyl groups is 1. The van der Waals surface area contributed by atoms with Crippen molar-refractivity contribution in [1.29, 1.82) is 0 Å². The van der Waals surface area contributed by atoms with Gasteiger partial charge in [-0.3, -0.25) is 0 Å². The number of halogens is 1. The Kier molecular flexibility index (Phi) is 7.36. The molecule has 0 saturated heterocycles. The minimum absolute atomic E-state index is 0.0813. The molecular weight excluding hydrogens is 445 g/mol. The highest BCUT2D eigenvalue weighted by Gasteiger charge is 2.33. The number of thiol groups is 1. The van der Waals surface area contributed by atoms with Gasteiger partial charge in [-0.15, -0.1) is 17.7 Å². The lowest BCUT2D eigenvalue weighted by Crippen LogP contribution is -2.34. The van der Waals surface area contributed by atoms with Gasteiger partial charge in [0.25, 0.3) is 0 Å². The molecule has 7 nitrogen and oxygen atoms in total. The molecule has 3 unspecified atom stereocenters. The predicted molar refractivity (Wildman–Crippen MR) is 126 cm³/mol. The van der Waals surface area contributed by atoms with Crippen LogP contribution < -0.4 is 16.2 Å². The molecule has 178 valence electrons. The lowest BCUT2D eigenvalue weighted by Gasteiger charge is -2.36. The molecule has 0 saturated carbocycles. The van der Waals surface area contributed by atoms with Crippen molar-refractivity contribution < 1.29 is 18.7 Å². The molecular formula is C24H30FN3O4S. The number of benzene rings is 2. The number of aromatic amines is 1. The summed E-state index contributed by atoms with van der Waals surface area (Å²) in [5.41, 5.74) is 8.88. The van der Waals surface area contributed by atoms with Crippen LogP contribution in [0.1, 0.15) is 73.4 Å². The van der Waals surface area contributed by atoms with Crippen LogP contribution in [-0.2, 0) is 0 Å². The third-order valence-electron chi connectivity index (χ3n) is 5.91. The van der Waals surface area contributed by atoms with Crippen LogP contribution in [0.25, 0.3) is 0 Å². The van der Waals surface area contributed by atoms with Gasteiger partial charge in [0.1, 0.15) is 17.2 Å². The molecule has 1 aromatic heterocycles. The number of aromatic nitrogens is 2. The van der Waals surface area contributed by atoms with E-state index in [0.29, 0.717) is 12.0 Å². The molecule has 4 N–H and O–H groups in total. The molecule has 0 radical (unpaired) electrons. The summed E-state index contributed by atoms with van der Waals surface area (Å²) in [5, 5.41) is 15.8. The molecule has 0 fully saturated rings. The van der Waals surface area contributed by atoms with E-state index in [-0.39, 0.29) is 23.2 Å². The fraction of sp³-hybridized carbons (Fsp3) is 0.417. The van der Waals surface area contributed by atoms with E-state index in [4.69, 9.17) is 14.9 Å². The fourth-order valence-corrected chi connectivity index (χ4v) is 4.21. The summed E-state index contributed by atoms with van der Waals surface area (Å²) in [7, 11) is 0. The second-order valence-corrected chi connectivity index (χ2v) is 9.43. The van der Waals surface area contributed by atoms with Crippen LogP contribution in [-0.4, -0.2) is 20.9 Å². The summed E-state index contributed by atoms with van der Waals surface area (Å²) in [6.07, 6.45) is 0.179. The van der Waals surface area contributed by atoms with Gasteiger partial charge in [0.15, 0.2) is 0 Å². The fourth-order valence-electron chi connectivity index (χ4n) is 3.95. The normalized spacial score (nSPS) is 18.4. The van der Waals surface area contributed by atoms with Crippen molar-refractivity contribution in [2.24, 2.45) is 5.73 Å². The molecule has 0 aliphatic carbocycles. The second-order valence-electron chi connectivity index (χ2n) is 8.95. The molecule has 2 heterocycles. The number of nitrogens with zero attached hydrogens (tertiary/aromatic N) is 1. The predicted octanol–water partition coefficient (Wildman–Crippen LogP) is 4.49. The van der Waals surface area contributed by atoms with Gasteiger partial charge in [-0.1, -0.05) is 25.1 Å². The van der Waals surface area contributed by atoms with Crippen molar-refractivity contribution >= 4 is 12.6 Å². The molecule has 1 aliphatic rings. The van der Waals surface area contributed by atoms with Crippen LogP contribution in [0.4, 0.5) is 4.39 Å². The van der Waals surface area contributed by atoms with E-state index in [1.165, 1.54) is 6.07 Å². The van der Waals surface area contributed by atoms with Gasteiger partial charge >= 0.3 is 5.76 Å². The zero-order valence-electron chi connectivity index (χ0n) is 19.3. The van der Waals surface area contributed by atoms with Crippen molar-refractivity contribution in [3.05, 3.63) is 74.8 Å². The zero-order valence-corrected chi connectivity index (χ0v) is 20.2. The Bertz CT molecular complexity index is 1190. The van der Waals surface area contributed by atoms with Gasteiger partial charge in [-0.2, -0.15) is 0 Å². The minimum Gasteiger partial charge on any atom is -0.486 e. The summed E-state index contributed by atoms with van der Waals surface area (Å²) in [4.78, 5) is 11.7. The molecule has 0 bridgehead atoms. The lowest BCUT2D eigenvalue weighted by molar-refractivity contribution is 0.00902. The number of rotatable bonds is 3. The highest BCUT2D eigenvalue weighted by Crippen LogP contribution is 2.42. The van der Waals surface area contributed by atoms with Crippen LogP contribution >= 0.6 is 12.6 Å².